The van der Waals surface area contributed by atoms with Gasteiger partial charge in [0.25, 0.3) is 0 Å². The Balaban J connectivity index is 1.97. The van der Waals surface area contributed by atoms with Crippen LogP contribution in [-0.2, 0) is 0 Å². The lowest BCUT2D eigenvalue weighted by atomic mass is 9.97. The minimum atomic E-state index is 0.365. The SMILES string of the molecule is CC1CCCC(c2cncn2-c2ccc(Cl)cc2Br)N1. The molecule has 2 heterocycles. The van der Waals surface area contributed by atoms with E-state index < -0.39 is 0 Å². The van der Waals surface area contributed by atoms with Crippen LogP contribution >= 0.6 is 27.5 Å². The third-order valence-electron chi connectivity index (χ3n) is 3.81. The minimum absolute atomic E-state index is 0.365. The van der Waals surface area contributed by atoms with Gasteiger partial charge in [0, 0.05) is 21.6 Å². The van der Waals surface area contributed by atoms with Crippen molar-refractivity contribution >= 4 is 27.5 Å². The molecule has 106 valence electrons. The van der Waals surface area contributed by atoms with Gasteiger partial charge in [-0.2, -0.15) is 0 Å². The van der Waals surface area contributed by atoms with Gasteiger partial charge in [-0.15, -0.1) is 0 Å². The lowest BCUT2D eigenvalue weighted by Crippen LogP contribution is -2.35. The molecule has 0 saturated carbocycles. The van der Waals surface area contributed by atoms with Crippen molar-refractivity contribution in [1.82, 2.24) is 14.9 Å². The zero-order valence-electron chi connectivity index (χ0n) is 11.3. The second-order valence-electron chi connectivity index (χ2n) is 5.34. The zero-order valence-corrected chi connectivity index (χ0v) is 13.7. The summed E-state index contributed by atoms with van der Waals surface area (Å²) in [6.07, 6.45) is 7.48. The molecule has 20 heavy (non-hydrogen) atoms. The molecular formula is C15H17BrClN3. The van der Waals surface area contributed by atoms with E-state index in [-0.39, 0.29) is 0 Å². The molecule has 0 radical (unpaired) electrons. The highest BCUT2D eigenvalue weighted by atomic mass is 79.9. The van der Waals surface area contributed by atoms with Crippen LogP contribution in [0, 0.1) is 0 Å². The first kappa shape index (κ1) is 14.1. The van der Waals surface area contributed by atoms with Crippen molar-refractivity contribution in [2.75, 3.05) is 0 Å². The summed E-state index contributed by atoms with van der Waals surface area (Å²) in [6.45, 7) is 2.24. The fourth-order valence-electron chi connectivity index (χ4n) is 2.81. The highest BCUT2D eigenvalue weighted by Crippen LogP contribution is 2.30. The highest BCUT2D eigenvalue weighted by Gasteiger charge is 2.23. The van der Waals surface area contributed by atoms with E-state index in [2.05, 4.69) is 37.7 Å². The van der Waals surface area contributed by atoms with Gasteiger partial charge in [0.2, 0.25) is 0 Å². The fraction of sp³-hybridized carbons (Fsp3) is 0.400. The summed E-state index contributed by atoms with van der Waals surface area (Å²) in [5.41, 5.74) is 2.28. The van der Waals surface area contributed by atoms with E-state index >= 15 is 0 Å². The second kappa shape index (κ2) is 5.88. The maximum atomic E-state index is 6.02. The lowest BCUT2D eigenvalue weighted by molar-refractivity contribution is 0.334. The standard InChI is InChI=1S/C15H17BrClN3/c1-10-3-2-4-13(19-10)15-8-18-9-20(15)14-6-5-11(17)7-12(14)16/h5-10,13,19H,2-4H2,1H3. The molecule has 1 fully saturated rings. The molecule has 1 aliphatic rings. The van der Waals surface area contributed by atoms with Gasteiger partial charge in [-0.25, -0.2) is 4.98 Å². The number of halogens is 2. The first-order valence-corrected chi connectivity index (χ1v) is 8.06. The molecule has 1 N–H and O–H groups in total. The van der Waals surface area contributed by atoms with Gasteiger partial charge >= 0.3 is 0 Å². The molecule has 5 heteroatoms. The van der Waals surface area contributed by atoms with Crippen LogP contribution in [0.3, 0.4) is 0 Å². The summed E-state index contributed by atoms with van der Waals surface area (Å²) < 4.78 is 3.11. The van der Waals surface area contributed by atoms with Gasteiger partial charge in [-0.1, -0.05) is 11.6 Å². The third-order valence-corrected chi connectivity index (χ3v) is 4.68. The Labute approximate surface area is 132 Å². The molecule has 2 atom stereocenters. The van der Waals surface area contributed by atoms with Crippen LogP contribution in [0.15, 0.2) is 35.2 Å². The number of hydrogen-bond acceptors (Lipinski definition) is 2. The summed E-state index contributed by atoms with van der Waals surface area (Å²) in [4.78, 5) is 4.33. The van der Waals surface area contributed by atoms with Crippen LogP contribution in [0.5, 0.6) is 0 Å². The van der Waals surface area contributed by atoms with Crippen molar-refractivity contribution in [1.29, 1.82) is 0 Å². The van der Waals surface area contributed by atoms with E-state index in [1.165, 1.54) is 18.5 Å². The number of imidazole rings is 1. The Morgan fingerprint density at radius 2 is 2.25 bits per heavy atom. The molecule has 1 aromatic carbocycles. The predicted octanol–water partition coefficient (Wildman–Crippen LogP) is 4.49. The van der Waals surface area contributed by atoms with Crippen LogP contribution in [0.2, 0.25) is 5.02 Å². The highest BCUT2D eigenvalue weighted by molar-refractivity contribution is 9.10. The van der Waals surface area contributed by atoms with E-state index in [1.807, 2.05) is 30.7 Å². The monoisotopic (exact) mass is 353 g/mol. The van der Waals surface area contributed by atoms with Gasteiger partial charge in [0.1, 0.15) is 0 Å². The molecule has 0 spiro atoms. The Bertz CT molecular complexity index is 611. The first-order chi connectivity index (χ1) is 9.65. The molecule has 2 unspecified atom stereocenters. The number of rotatable bonds is 2. The van der Waals surface area contributed by atoms with Crippen LogP contribution in [0.25, 0.3) is 5.69 Å². The summed E-state index contributed by atoms with van der Waals surface area (Å²) in [5, 5.41) is 4.39. The van der Waals surface area contributed by atoms with Crippen LogP contribution in [0.1, 0.15) is 37.9 Å². The molecule has 3 nitrogen and oxygen atoms in total. The average Bonchev–Trinajstić information content (AvgIpc) is 2.87. The summed E-state index contributed by atoms with van der Waals surface area (Å²) >= 11 is 9.60. The summed E-state index contributed by atoms with van der Waals surface area (Å²) in [6, 6.07) is 6.76. The van der Waals surface area contributed by atoms with Crippen LogP contribution < -0.4 is 5.32 Å². The van der Waals surface area contributed by atoms with Crippen LogP contribution in [-0.4, -0.2) is 15.6 Å². The number of benzene rings is 1. The molecule has 3 rings (SSSR count). The third kappa shape index (κ3) is 2.78. The molecule has 1 saturated heterocycles. The molecular weight excluding hydrogens is 338 g/mol. The number of aromatic nitrogens is 2. The number of nitrogens with zero attached hydrogens (tertiary/aromatic N) is 2. The van der Waals surface area contributed by atoms with E-state index in [4.69, 9.17) is 11.6 Å². The molecule has 0 amide bonds. The van der Waals surface area contributed by atoms with Gasteiger partial charge < -0.3 is 9.88 Å². The van der Waals surface area contributed by atoms with E-state index in [0.29, 0.717) is 12.1 Å². The normalized spacial score (nSPS) is 22.9. The maximum Gasteiger partial charge on any atom is 0.0995 e. The Morgan fingerprint density at radius 1 is 1.40 bits per heavy atom. The van der Waals surface area contributed by atoms with Crippen molar-refractivity contribution in [2.24, 2.45) is 0 Å². The van der Waals surface area contributed by atoms with Gasteiger partial charge in [-0.3, -0.25) is 0 Å². The fourth-order valence-corrected chi connectivity index (χ4v) is 3.69. The molecule has 0 bridgehead atoms. The number of hydrogen-bond donors (Lipinski definition) is 1. The van der Waals surface area contributed by atoms with Crippen molar-refractivity contribution in [3.05, 3.63) is 45.9 Å². The Morgan fingerprint density at radius 3 is 3.00 bits per heavy atom. The van der Waals surface area contributed by atoms with Crippen molar-refractivity contribution < 1.29 is 0 Å². The quantitative estimate of drug-likeness (QED) is 0.861. The number of piperidine rings is 1. The Kier molecular flexibility index (Phi) is 4.15. The van der Waals surface area contributed by atoms with Crippen molar-refractivity contribution in [3.63, 3.8) is 0 Å². The zero-order chi connectivity index (χ0) is 14.1. The van der Waals surface area contributed by atoms with E-state index in [1.54, 1.807) is 0 Å². The first-order valence-electron chi connectivity index (χ1n) is 6.89. The number of nitrogens with one attached hydrogen (secondary N) is 1. The van der Waals surface area contributed by atoms with Gasteiger partial charge in [0.15, 0.2) is 0 Å². The molecule has 1 aromatic heterocycles. The Hall–Kier alpha value is -0.840. The van der Waals surface area contributed by atoms with Gasteiger partial charge in [-0.05, 0) is 60.3 Å². The molecule has 0 aliphatic carbocycles. The molecule has 1 aliphatic heterocycles. The summed E-state index contributed by atoms with van der Waals surface area (Å²) in [7, 11) is 0. The van der Waals surface area contributed by atoms with E-state index in [9.17, 15) is 0 Å². The molecule has 2 aromatic rings. The predicted molar refractivity (Wildman–Crippen MR) is 85.5 cm³/mol. The lowest BCUT2D eigenvalue weighted by Gasteiger charge is -2.29. The minimum Gasteiger partial charge on any atom is -0.306 e. The average molecular weight is 355 g/mol. The smallest absolute Gasteiger partial charge is 0.0995 e. The van der Waals surface area contributed by atoms with E-state index in [0.717, 1.165) is 21.6 Å². The maximum absolute atomic E-state index is 6.02. The van der Waals surface area contributed by atoms with Crippen molar-refractivity contribution in [3.8, 4) is 5.69 Å². The second-order valence-corrected chi connectivity index (χ2v) is 6.63. The van der Waals surface area contributed by atoms with Crippen LogP contribution in [0.4, 0.5) is 0 Å². The largest absolute Gasteiger partial charge is 0.306 e. The summed E-state index contributed by atoms with van der Waals surface area (Å²) in [5.74, 6) is 0. The van der Waals surface area contributed by atoms with Gasteiger partial charge in [0.05, 0.1) is 23.9 Å². The topological polar surface area (TPSA) is 29.9 Å². The van der Waals surface area contributed by atoms with Crippen molar-refractivity contribution in [2.45, 2.75) is 38.3 Å².